The monoisotopic (exact) mass is 300 g/mol. The van der Waals surface area contributed by atoms with Gasteiger partial charge in [0.15, 0.2) is 0 Å². The first-order valence-electron chi connectivity index (χ1n) is 7.50. The van der Waals surface area contributed by atoms with E-state index >= 15 is 0 Å². The van der Waals surface area contributed by atoms with E-state index < -0.39 is 5.97 Å². The summed E-state index contributed by atoms with van der Waals surface area (Å²) in [5.74, 6) is -1.01. The topological polar surface area (TPSA) is 62.5 Å². The highest BCUT2D eigenvalue weighted by atomic mass is 16.4. The Morgan fingerprint density at radius 3 is 2.73 bits per heavy atom. The van der Waals surface area contributed by atoms with Gasteiger partial charge in [0.1, 0.15) is 12.2 Å². The van der Waals surface area contributed by atoms with Crippen molar-refractivity contribution in [3.05, 3.63) is 34.5 Å². The Morgan fingerprint density at radius 1 is 1.32 bits per heavy atom. The Bertz CT molecular complexity index is 789. The lowest BCUT2D eigenvalue weighted by atomic mass is 10.0. The third-order valence-electron chi connectivity index (χ3n) is 4.62. The highest BCUT2D eigenvalue weighted by Crippen LogP contribution is 2.33. The van der Waals surface area contributed by atoms with Crippen molar-refractivity contribution < 1.29 is 14.7 Å². The summed E-state index contributed by atoms with van der Waals surface area (Å²) >= 11 is 0. The average Bonchev–Trinajstić information content (AvgIpc) is 2.67. The van der Waals surface area contributed by atoms with Gasteiger partial charge in [-0.1, -0.05) is 12.1 Å². The van der Waals surface area contributed by atoms with E-state index in [9.17, 15) is 14.7 Å². The highest BCUT2D eigenvalue weighted by molar-refractivity contribution is 6.03. The molecule has 0 saturated carbocycles. The number of aryl methyl sites for hydroxylation is 3. The van der Waals surface area contributed by atoms with Gasteiger partial charge >= 0.3 is 5.97 Å². The molecule has 0 atom stereocenters. The molecule has 0 saturated heterocycles. The second-order valence-electron chi connectivity index (χ2n) is 6.04. The molecule has 0 fully saturated rings. The van der Waals surface area contributed by atoms with Crippen LogP contribution in [0.3, 0.4) is 0 Å². The molecule has 0 radical (unpaired) electrons. The Hall–Kier alpha value is -2.30. The van der Waals surface area contributed by atoms with Crippen molar-refractivity contribution >= 4 is 22.8 Å². The molecule has 2 aromatic rings. The minimum absolute atomic E-state index is 0.0815. The maximum atomic E-state index is 12.7. The smallest absolute Gasteiger partial charge is 0.323 e. The van der Waals surface area contributed by atoms with Crippen LogP contribution in [0.2, 0.25) is 0 Å². The summed E-state index contributed by atoms with van der Waals surface area (Å²) in [6.45, 7) is 4.51. The minimum Gasteiger partial charge on any atom is -0.480 e. The number of aliphatic carboxylic acids is 1. The van der Waals surface area contributed by atoms with Crippen LogP contribution < -0.4 is 0 Å². The number of carboxylic acid groups (broad SMARTS) is 1. The Kier molecular flexibility index (Phi) is 3.43. The molecule has 5 heteroatoms. The van der Waals surface area contributed by atoms with E-state index in [-0.39, 0.29) is 12.5 Å². The van der Waals surface area contributed by atoms with Crippen molar-refractivity contribution in [2.45, 2.75) is 33.2 Å². The van der Waals surface area contributed by atoms with Crippen LogP contribution in [0.1, 0.15) is 33.6 Å². The van der Waals surface area contributed by atoms with Crippen LogP contribution in [-0.4, -0.2) is 40.0 Å². The predicted octanol–water partition coefficient (Wildman–Crippen LogP) is 2.36. The Balaban J connectivity index is 2.41. The van der Waals surface area contributed by atoms with Gasteiger partial charge in [-0.15, -0.1) is 0 Å². The number of rotatable bonds is 2. The molecule has 22 heavy (non-hydrogen) atoms. The van der Waals surface area contributed by atoms with E-state index in [4.69, 9.17) is 0 Å². The van der Waals surface area contributed by atoms with Crippen molar-refractivity contribution in [2.75, 3.05) is 13.6 Å². The first-order chi connectivity index (χ1) is 10.4. The molecule has 0 unspecified atom stereocenters. The van der Waals surface area contributed by atoms with Gasteiger partial charge in [0.2, 0.25) is 0 Å². The van der Waals surface area contributed by atoms with E-state index in [0.717, 1.165) is 40.4 Å². The van der Waals surface area contributed by atoms with Gasteiger partial charge in [-0.25, -0.2) is 0 Å². The van der Waals surface area contributed by atoms with Crippen LogP contribution in [0.15, 0.2) is 12.1 Å². The zero-order valence-electron chi connectivity index (χ0n) is 13.1. The van der Waals surface area contributed by atoms with Crippen molar-refractivity contribution in [3.63, 3.8) is 0 Å². The van der Waals surface area contributed by atoms with Crippen LogP contribution in [0.25, 0.3) is 10.9 Å². The quantitative estimate of drug-likeness (QED) is 0.926. The normalized spacial score (nSPS) is 15.0. The predicted molar refractivity (Wildman–Crippen MR) is 84.3 cm³/mol. The molecular formula is C17H20N2O3. The van der Waals surface area contributed by atoms with Gasteiger partial charge in [0, 0.05) is 19.0 Å². The first kappa shape index (κ1) is 14.6. The molecule has 1 aliphatic heterocycles. The number of fused-ring (bicyclic) bond motifs is 3. The Labute approximate surface area is 129 Å². The van der Waals surface area contributed by atoms with Gasteiger partial charge in [0.05, 0.1) is 5.52 Å². The molecule has 1 N–H and O–H groups in total. The number of hydrogen-bond acceptors (Lipinski definition) is 2. The number of carboxylic acids is 1. The van der Waals surface area contributed by atoms with Crippen molar-refractivity contribution in [1.82, 2.24) is 9.47 Å². The lowest BCUT2D eigenvalue weighted by Gasteiger charge is -2.16. The second kappa shape index (κ2) is 5.16. The molecule has 1 aromatic carbocycles. The summed E-state index contributed by atoms with van der Waals surface area (Å²) in [7, 11) is 1.78. The third-order valence-corrected chi connectivity index (χ3v) is 4.62. The molecule has 0 aliphatic carbocycles. The maximum Gasteiger partial charge on any atom is 0.323 e. The SMILES string of the molecule is Cc1ccc2c3c(n(CC(=O)O)c2c1C)C(=O)N(C)CCC3. The highest BCUT2D eigenvalue weighted by Gasteiger charge is 2.29. The molecular weight excluding hydrogens is 280 g/mol. The maximum absolute atomic E-state index is 12.7. The first-order valence-corrected chi connectivity index (χ1v) is 7.50. The van der Waals surface area contributed by atoms with E-state index in [1.165, 1.54) is 0 Å². The van der Waals surface area contributed by atoms with E-state index in [0.29, 0.717) is 12.2 Å². The largest absolute Gasteiger partial charge is 0.480 e. The zero-order valence-corrected chi connectivity index (χ0v) is 13.1. The number of amides is 1. The van der Waals surface area contributed by atoms with Gasteiger partial charge in [-0.2, -0.15) is 0 Å². The number of benzene rings is 1. The Morgan fingerprint density at radius 2 is 2.05 bits per heavy atom. The minimum atomic E-state index is -0.930. The van der Waals surface area contributed by atoms with E-state index in [1.54, 1.807) is 16.5 Å². The molecule has 5 nitrogen and oxygen atoms in total. The fourth-order valence-corrected chi connectivity index (χ4v) is 3.36. The fourth-order valence-electron chi connectivity index (χ4n) is 3.36. The molecule has 3 rings (SSSR count). The summed E-state index contributed by atoms with van der Waals surface area (Å²) in [4.78, 5) is 25.7. The lowest BCUT2D eigenvalue weighted by molar-refractivity contribution is -0.137. The number of aromatic nitrogens is 1. The van der Waals surface area contributed by atoms with Crippen molar-refractivity contribution in [1.29, 1.82) is 0 Å². The molecule has 0 bridgehead atoms. The molecule has 116 valence electrons. The standard InChI is InChI=1S/C17H20N2O3/c1-10-6-7-13-12-5-4-8-18(3)17(22)16(12)19(9-14(20)21)15(13)11(10)2/h6-7H,4-5,8-9H2,1-3H3,(H,20,21). The summed E-state index contributed by atoms with van der Waals surface area (Å²) < 4.78 is 1.69. The van der Waals surface area contributed by atoms with Gasteiger partial charge < -0.3 is 14.6 Å². The number of hydrogen-bond donors (Lipinski definition) is 1. The zero-order chi connectivity index (χ0) is 16.0. The average molecular weight is 300 g/mol. The molecule has 1 amide bonds. The number of carbonyl (C=O) groups is 2. The van der Waals surface area contributed by atoms with Crippen LogP contribution in [0, 0.1) is 13.8 Å². The molecule has 2 heterocycles. The summed E-state index contributed by atoms with van der Waals surface area (Å²) in [5, 5.41) is 10.3. The van der Waals surface area contributed by atoms with Crippen molar-refractivity contribution in [3.8, 4) is 0 Å². The lowest BCUT2D eigenvalue weighted by Crippen LogP contribution is -2.29. The van der Waals surface area contributed by atoms with E-state index in [2.05, 4.69) is 0 Å². The molecule has 0 spiro atoms. The summed E-state index contributed by atoms with van der Waals surface area (Å²) in [6.07, 6.45) is 1.70. The second-order valence-corrected chi connectivity index (χ2v) is 6.04. The van der Waals surface area contributed by atoms with Crippen LogP contribution in [0.4, 0.5) is 0 Å². The number of carbonyl (C=O) groups excluding carboxylic acids is 1. The fraction of sp³-hybridized carbons (Fsp3) is 0.412. The van der Waals surface area contributed by atoms with Crippen LogP contribution in [0.5, 0.6) is 0 Å². The van der Waals surface area contributed by atoms with Gasteiger partial charge in [-0.3, -0.25) is 9.59 Å². The van der Waals surface area contributed by atoms with Crippen LogP contribution >= 0.6 is 0 Å². The van der Waals surface area contributed by atoms with E-state index in [1.807, 2.05) is 26.0 Å². The summed E-state index contributed by atoms with van der Waals surface area (Å²) in [6, 6.07) is 4.07. The molecule has 1 aliphatic rings. The number of nitrogens with zero attached hydrogens (tertiary/aromatic N) is 2. The van der Waals surface area contributed by atoms with Gasteiger partial charge in [-0.05, 0) is 43.4 Å². The summed E-state index contributed by atoms with van der Waals surface area (Å²) in [5.41, 5.74) is 4.57. The van der Waals surface area contributed by atoms with Gasteiger partial charge in [0.25, 0.3) is 5.91 Å². The van der Waals surface area contributed by atoms with Crippen molar-refractivity contribution in [2.24, 2.45) is 0 Å². The third kappa shape index (κ3) is 2.08. The molecule has 1 aromatic heterocycles. The van der Waals surface area contributed by atoms with Crippen LogP contribution in [-0.2, 0) is 17.8 Å².